The van der Waals surface area contributed by atoms with Crippen molar-refractivity contribution < 1.29 is 4.52 Å². The van der Waals surface area contributed by atoms with Gasteiger partial charge in [-0.3, -0.25) is 0 Å². The molecular formula is C22H26N6O. The smallest absolute Gasteiger partial charge is 0.140 e. The maximum atomic E-state index is 6.48. The number of nitrogens with one attached hydrogen (secondary N) is 1. The van der Waals surface area contributed by atoms with Crippen LogP contribution in [0.1, 0.15) is 18.4 Å². The Hall–Kier alpha value is -3.32. The molecule has 5 N–H and O–H groups in total. The van der Waals surface area contributed by atoms with Crippen LogP contribution in [-0.2, 0) is 5.41 Å². The van der Waals surface area contributed by atoms with E-state index in [2.05, 4.69) is 51.2 Å². The maximum absolute atomic E-state index is 6.48. The first-order chi connectivity index (χ1) is 14.2. The van der Waals surface area contributed by atoms with Gasteiger partial charge in [-0.2, -0.15) is 0 Å². The number of amidine groups is 1. The van der Waals surface area contributed by atoms with Gasteiger partial charge in [-0.15, -0.1) is 0 Å². The lowest BCUT2D eigenvalue weighted by Crippen LogP contribution is -2.47. The molecule has 0 bridgehead atoms. The third-order valence-electron chi connectivity index (χ3n) is 5.91. The molecule has 0 radical (unpaired) electrons. The number of nitrogens with two attached hydrogens (primary N) is 2. The summed E-state index contributed by atoms with van der Waals surface area (Å²) in [5.74, 6) is 1.46. The number of nitrogens with zero attached hydrogens (tertiary/aromatic N) is 3. The van der Waals surface area contributed by atoms with Gasteiger partial charge in [-0.05, 0) is 30.0 Å². The first kappa shape index (κ1) is 19.0. The van der Waals surface area contributed by atoms with E-state index in [-0.39, 0.29) is 5.41 Å². The van der Waals surface area contributed by atoms with Gasteiger partial charge in [-0.25, -0.2) is 4.99 Å². The van der Waals surface area contributed by atoms with Crippen molar-refractivity contribution >= 4 is 5.84 Å². The molecule has 2 aliphatic rings. The van der Waals surface area contributed by atoms with E-state index in [9.17, 15) is 0 Å². The van der Waals surface area contributed by atoms with E-state index in [1.807, 2.05) is 12.3 Å². The minimum absolute atomic E-state index is 0.0730. The summed E-state index contributed by atoms with van der Waals surface area (Å²) >= 11 is 0. The van der Waals surface area contributed by atoms with Crippen molar-refractivity contribution in [3.05, 3.63) is 78.7 Å². The van der Waals surface area contributed by atoms with Crippen molar-refractivity contribution in [3.63, 3.8) is 0 Å². The van der Waals surface area contributed by atoms with Crippen molar-refractivity contribution in [1.82, 2.24) is 15.4 Å². The van der Waals surface area contributed by atoms with Crippen LogP contribution in [0.3, 0.4) is 0 Å². The van der Waals surface area contributed by atoms with E-state index in [1.54, 1.807) is 12.5 Å². The zero-order valence-electron chi connectivity index (χ0n) is 16.3. The molecule has 2 aliphatic heterocycles. The molecule has 7 nitrogen and oxygen atoms in total. The van der Waals surface area contributed by atoms with Gasteiger partial charge in [0.25, 0.3) is 0 Å². The average Bonchev–Trinajstić information content (AvgIpc) is 3.46. The Morgan fingerprint density at radius 2 is 2.17 bits per heavy atom. The number of benzene rings is 1. The Morgan fingerprint density at radius 3 is 2.86 bits per heavy atom. The van der Waals surface area contributed by atoms with E-state index in [0.717, 1.165) is 54.3 Å². The summed E-state index contributed by atoms with van der Waals surface area (Å²) in [6.45, 7) is 5.92. The van der Waals surface area contributed by atoms with E-state index >= 15 is 0 Å². The average molecular weight is 390 g/mol. The molecule has 1 fully saturated rings. The van der Waals surface area contributed by atoms with Gasteiger partial charge in [0.2, 0.25) is 0 Å². The minimum Gasteiger partial charge on any atom is -0.385 e. The van der Waals surface area contributed by atoms with Crippen molar-refractivity contribution in [3.8, 4) is 11.1 Å². The monoisotopic (exact) mass is 390 g/mol. The molecule has 0 atom stereocenters. The summed E-state index contributed by atoms with van der Waals surface area (Å²) in [6, 6.07) is 8.51. The predicted molar refractivity (Wildman–Crippen MR) is 115 cm³/mol. The molecule has 0 aliphatic carbocycles. The molecule has 3 heterocycles. The molecule has 1 aromatic heterocycles. The predicted octanol–water partition coefficient (Wildman–Crippen LogP) is 2.46. The standard InChI is InChI=1S/C22H26N6O/c1-2-25-21-19(6-9-26-21)20(24)28-10-7-22(15-23,8-11-28)18-5-3-4-16(12-18)17-13-27-29-14-17/h2-6,9,12-14H,1,7-8,10-11,15,23-24H2,(H,25,26)/b20-19+. The summed E-state index contributed by atoms with van der Waals surface area (Å²) in [5, 5.41) is 6.91. The Bertz CT molecular complexity index is 965. The van der Waals surface area contributed by atoms with Gasteiger partial charge in [0, 0.05) is 43.0 Å². The lowest BCUT2D eigenvalue weighted by molar-refractivity contribution is 0.195. The molecule has 1 aromatic carbocycles. The SMILES string of the molecule is C=C/N=C1/NC=C/C1=C(/N)N1CCC(CN)(c2cccc(-c3cnoc3)c2)CC1. The second kappa shape index (κ2) is 7.97. The number of aliphatic imine (C=N–C) groups is 1. The third kappa shape index (κ3) is 3.56. The number of hydrogen-bond acceptors (Lipinski definition) is 6. The molecular weight excluding hydrogens is 364 g/mol. The van der Waals surface area contributed by atoms with Crippen molar-refractivity contribution in [2.24, 2.45) is 16.5 Å². The highest BCUT2D eigenvalue weighted by Crippen LogP contribution is 2.37. The van der Waals surface area contributed by atoms with E-state index < -0.39 is 0 Å². The lowest BCUT2D eigenvalue weighted by Gasteiger charge is -2.43. The van der Waals surface area contributed by atoms with Crippen molar-refractivity contribution in [2.75, 3.05) is 19.6 Å². The molecule has 29 heavy (non-hydrogen) atoms. The van der Waals surface area contributed by atoms with Gasteiger partial charge in [0.1, 0.15) is 17.9 Å². The fourth-order valence-corrected chi connectivity index (χ4v) is 4.10. The highest BCUT2D eigenvalue weighted by atomic mass is 16.5. The van der Waals surface area contributed by atoms with Crippen LogP contribution < -0.4 is 16.8 Å². The van der Waals surface area contributed by atoms with Gasteiger partial charge in [0.15, 0.2) is 0 Å². The summed E-state index contributed by atoms with van der Waals surface area (Å²) < 4.78 is 4.99. The quantitative estimate of drug-likeness (QED) is 0.724. The molecule has 2 aromatic rings. The first-order valence-corrected chi connectivity index (χ1v) is 9.74. The molecule has 0 saturated carbocycles. The van der Waals surface area contributed by atoms with Crippen molar-refractivity contribution in [1.29, 1.82) is 0 Å². The summed E-state index contributed by atoms with van der Waals surface area (Å²) in [4.78, 5) is 6.47. The first-order valence-electron chi connectivity index (χ1n) is 9.74. The zero-order valence-corrected chi connectivity index (χ0v) is 16.3. The maximum Gasteiger partial charge on any atom is 0.140 e. The van der Waals surface area contributed by atoms with Gasteiger partial charge >= 0.3 is 0 Å². The van der Waals surface area contributed by atoms with Crippen LogP contribution in [0.5, 0.6) is 0 Å². The molecule has 0 amide bonds. The van der Waals surface area contributed by atoms with Crippen LogP contribution in [0.2, 0.25) is 0 Å². The van der Waals surface area contributed by atoms with Crippen LogP contribution in [0, 0.1) is 0 Å². The Balaban J connectivity index is 1.56. The fourth-order valence-electron chi connectivity index (χ4n) is 4.10. The van der Waals surface area contributed by atoms with Crippen LogP contribution in [0.15, 0.2) is 82.7 Å². The molecule has 1 saturated heterocycles. The second-order valence-corrected chi connectivity index (χ2v) is 7.40. The lowest BCUT2D eigenvalue weighted by atomic mass is 9.72. The number of hydrogen-bond donors (Lipinski definition) is 3. The van der Waals surface area contributed by atoms with E-state index in [1.165, 1.54) is 11.8 Å². The van der Waals surface area contributed by atoms with Gasteiger partial charge in [-0.1, -0.05) is 36.0 Å². The largest absolute Gasteiger partial charge is 0.385 e. The van der Waals surface area contributed by atoms with E-state index in [4.69, 9.17) is 16.0 Å². The molecule has 0 unspecified atom stereocenters. The Kier molecular flexibility index (Phi) is 5.22. The Morgan fingerprint density at radius 1 is 1.34 bits per heavy atom. The number of rotatable bonds is 5. The summed E-state index contributed by atoms with van der Waals surface area (Å²) in [5.41, 5.74) is 16.9. The fraction of sp³-hybridized carbons (Fsp3) is 0.273. The van der Waals surface area contributed by atoms with Crippen LogP contribution >= 0.6 is 0 Å². The number of piperidine rings is 1. The number of aromatic nitrogens is 1. The van der Waals surface area contributed by atoms with Crippen LogP contribution in [-0.4, -0.2) is 35.5 Å². The van der Waals surface area contributed by atoms with Crippen LogP contribution in [0.4, 0.5) is 0 Å². The molecule has 150 valence electrons. The highest BCUT2D eigenvalue weighted by molar-refractivity contribution is 6.04. The zero-order chi connectivity index (χ0) is 20.3. The van der Waals surface area contributed by atoms with Crippen LogP contribution in [0.25, 0.3) is 11.1 Å². The summed E-state index contributed by atoms with van der Waals surface area (Å²) in [7, 11) is 0. The van der Waals surface area contributed by atoms with Crippen molar-refractivity contribution in [2.45, 2.75) is 18.3 Å². The normalized spacial score (nSPS) is 21.3. The topological polar surface area (TPSA) is 106 Å². The third-order valence-corrected chi connectivity index (χ3v) is 5.91. The van der Waals surface area contributed by atoms with E-state index in [0.29, 0.717) is 6.54 Å². The molecule has 0 spiro atoms. The van der Waals surface area contributed by atoms with Gasteiger partial charge in [0.05, 0.1) is 11.8 Å². The minimum atomic E-state index is -0.0730. The Labute approximate surface area is 170 Å². The molecule has 4 rings (SSSR count). The number of likely N-dealkylation sites (tertiary alicyclic amines) is 1. The van der Waals surface area contributed by atoms with Gasteiger partial charge < -0.3 is 26.2 Å². The second-order valence-electron chi connectivity index (χ2n) is 7.40. The molecule has 7 heteroatoms. The summed E-state index contributed by atoms with van der Waals surface area (Å²) in [6.07, 6.45) is 10.6. The highest BCUT2D eigenvalue weighted by Gasteiger charge is 2.36.